The Labute approximate surface area is 173 Å². The minimum atomic E-state index is -0.390. The van der Waals surface area contributed by atoms with Gasteiger partial charge < -0.3 is 0 Å². The first kappa shape index (κ1) is 19.6. The smallest absolute Gasteiger partial charge is 0.194 e. The number of Topliss-reactive ketones (excluding diaryl/α,β-unsaturated/α-hetero) is 2. The number of carbonyl (C=O) groups excluding carboxylic acids is 2. The van der Waals surface area contributed by atoms with Gasteiger partial charge in [-0.25, -0.2) is 8.78 Å². The standard InChI is InChI=1S/C26H18F2O2/c1-15-11-19(12-16(2)25(15)29)20-13-23(17-3-7-21(27)8-4-17)26(30)24(14-20)18-5-9-22(28)10-6-18/h3-14H,1-2H3. The molecule has 0 amide bonds. The predicted octanol–water partition coefficient (Wildman–Crippen LogP) is 5.79. The second-order valence-electron chi connectivity index (χ2n) is 7.35. The molecule has 0 saturated carbocycles. The number of allylic oxidation sites excluding steroid dienone is 10. The number of hydrogen-bond acceptors (Lipinski definition) is 2. The summed E-state index contributed by atoms with van der Waals surface area (Å²) in [7, 11) is 0. The average molecular weight is 400 g/mol. The van der Waals surface area contributed by atoms with Gasteiger partial charge in [-0.1, -0.05) is 24.3 Å². The molecule has 0 bridgehead atoms. The van der Waals surface area contributed by atoms with Gasteiger partial charge in [-0.3, -0.25) is 9.59 Å². The fourth-order valence-corrected chi connectivity index (χ4v) is 3.60. The van der Waals surface area contributed by atoms with E-state index in [9.17, 15) is 18.4 Å². The summed E-state index contributed by atoms with van der Waals surface area (Å²) in [4.78, 5) is 25.4. The Hall–Kier alpha value is -3.66. The largest absolute Gasteiger partial charge is 0.289 e. The van der Waals surface area contributed by atoms with Crippen LogP contribution in [0.4, 0.5) is 8.78 Å². The van der Waals surface area contributed by atoms with Crippen molar-refractivity contribution in [2.45, 2.75) is 13.8 Å². The molecule has 0 unspecified atom stereocenters. The van der Waals surface area contributed by atoms with Gasteiger partial charge in [-0.2, -0.15) is 0 Å². The van der Waals surface area contributed by atoms with Crippen LogP contribution in [0.15, 0.2) is 95.1 Å². The summed E-state index contributed by atoms with van der Waals surface area (Å²) in [5, 5.41) is 0. The third-order valence-electron chi connectivity index (χ3n) is 5.19. The van der Waals surface area contributed by atoms with Gasteiger partial charge in [0, 0.05) is 11.1 Å². The molecule has 0 fully saturated rings. The van der Waals surface area contributed by atoms with Gasteiger partial charge in [0.2, 0.25) is 0 Å². The highest BCUT2D eigenvalue weighted by Crippen LogP contribution is 2.35. The first-order valence-corrected chi connectivity index (χ1v) is 9.49. The third-order valence-corrected chi connectivity index (χ3v) is 5.19. The molecule has 0 aliphatic heterocycles. The van der Waals surface area contributed by atoms with Gasteiger partial charge in [-0.05, 0) is 95.8 Å². The summed E-state index contributed by atoms with van der Waals surface area (Å²) < 4.78 is 26.8. The molecule has 2 aromatic carbocycles. The van der Waals surface area contributed by atoms with Crippen LogP contribution in [-0.2, 0) is 9.59 Å². The molecule has 2 aliphatic carbocycles. The molecule has 0 N–H and O–H groups in total. The molecule has 2 nitrogen and oxygen atoms in total. The average Bonchev–Trinajstić information content (AvgIpc) is 2.73. The minimum absolute atomic E-state index is 0.0169. The van der Waals surface area contributed by atoms with E-state index in [0.29, 0.717) is 33.4 Å². The van der Waals surface area contributed by atoms with E-state index in [1.165, 1.54) is 24.3 Å². The second-order valence-corrected chi connectivity index (χ2v) is 7.35. The maximum absolute atomic E-state index is 13.4. The van der Waals surface area contributed by atoms with E-state index >= 15 is 0 Å². The minimum Gasteiger partial charge on any atom is -0.289 e. The van der Waals surface area contributed by atoms with Gasteiger partial charge in [-0.15, -0.1) is 0 Å². The number of ketones is 2. The maximum Gasteiger partial charge on any atom is 0.194 e. The zero-order valence-corrected chi connectivity index (χ0v) is 16.5. The van der Waals surface area contributed by atoms with Crippen LogP contribution in [-0.4, -0.2) is 11.6 Å². The topological polar surface area (TPSA) is 34.1 Å². The lowest BCUT2D eigenvalue weighted by Crippen LogP contribution is -2.12. The van der Waals surface area contributed by atoms with E-state index < -0.39 is 11.6 Å². The maximum atomic E-state index is 13.4. The zero-order valence-electron chi connectivity index (χ0n) is 16.5. The molecule has 0 spiro atoms. The summed E-state index contributed by atoms with van der Waals surface area (Å²) in [5.74, 6) is -1.03. The molecular formula is C26H18F2O2. The predicted molar refractivity (Wildman–Crippen MR) is 113 cm³/mol. The van der Waals surface area contributed by atoms with Crippen LogP contribution in [0.25, 0.3) is 11.1 Å². The van der Waals surface area contributed by atoms with Crippen molar-refractivity contribution in [2.24, 2.45) is 0 Å². The highest BCUT2D eigenvalue weighted by atomic mass is 19.1. The van der Waals surface area contributed by atoms with Crippen molar-refractivity contribution >= 4 is 22.7 Å². The van der Waals surface area contributed by atoms with Gasteiger partial charge in [0.15, 0.2) is 11.6 Å². The number of halogens is 2. The van der Waals surface area contributed by atoms with E-state index in [-0.39, 0.29) is 11.6 Å². The summed E-state index contributed by atoms with van der Waals surface area (Å²) in [5.41, 5.74) is 4.77. The Bertz CT molecular complexity index is 1130. The van der Waals surface area contributed by atoms with Gasteiger partial charge in [0.1, 0.15) is 11.6 Å². The van der Waals surface area contributed by atoms with Crippen LogP contribution < -0.4 is 0 Å². The van der Waals surface area contributed by atoms with Gasteiger partial charge in [0.05, 0.1) is 0 Å². The summed E-state index contributed by atoms with van der Waals surface area (Å²) in [6, 6.07) is 11.4. The lowest BCUT2D eigenvalue weighted by atomic mass is 9.83. The van der Waals surface area contributed by atoms with Crippen LogP contribution in [0, 0.1) is 11.6 Å². The van der Waals surface area contributed by atoms with Crippen molar-refractivity contribution in [3.8, 4) is 0 Å². The molecule has 0 heterocycles. The Morgan fingerprint density at radius 3 is 1.30 bits per heavy atom. The lowest BCUT2D eigenvalue weighted by Gasteiger charge is -2.19. The van der Waals surface area contributed by atoms with Crippen LogP contribution in [0.1, 0.15) is 25.0 Å². The Balaban J connectivity index is 1.93. The molecule has 0 saturated heterocycles. The fraction of sp³-hybridized carbons (Fsp3) is 0.0769. The third kappa shape index (κ3) is 3.64. The van der Waals surface area contributed by atoms with E-state index in [4.69, 9.17) is 0 Å². The molecule has 4 rings (SSSR count). The Kier molecular flexibility index (Phi) is 5.00. The van der Waals surface area contributed by atoms with Crippen LogP contribution >= 0.6 is 0 Å². The molecule has 148 valence electrons. The van der Waals surface area contributed by atoms with Crippen LogP contribution in [0.5, 0.6) is 0 Å². The van der Waals surface area contributed by atoms with Gasteiger partial charge >= 0.3 is 0 Å². The molecule has 0 aromatic heterocycles. The normalized spacial score (nSPS) is 16.8. The monoisotopic (exact) mass is 400 g/mol. The van der Waals surface area contributed by atoms with Crippen molar-refractivity contribution in [1.29, 1.82) is 0 Å². The number of benzene rings is 2. The molecule has 0 atom stereocenters. The van der Waals surface area contributed by atoms with E-state index in [1.54, 1.807) is 62.4 Å². The first-order valence-electron chi connectivity index (χ1n) is 9.49. The fourth-order valence-electron chi connectivity index (χ4n) is 3.60. The molecular weight excluding hydrogens is 382 g/mol. The molecule has 4 heteroatoms. The summed E-state index contributed by atoms with van der Waals surface area (Å²) in [6.45, 7) is 3.51. The first-order chi connectivity index (χ1) is 14.3. The number of rotatable bonds is 2. The van der Waals surface area contributed by atoms with E-state index in [2.05, 4.69) is 0 Å². The SMILES string of the molecule is CC1=CC(=C2C=C(c3ccc(F)cc3)C(=O)C(c3ccc(F)cc3)=C2)C=C(C)C1=O. The number of hydrogen-bond donors (Lipinski definition) is 0. The molecule has 2 aliphatic rings. The summed E-state index contributed by atoms with van der Waals surface area (Å²) in [6.07, 6.45) is 7.08. The number of carbonyl (C=O) groups is 2. The van der Waals surface area contributed by atoms with Crippen LogP contribution in [0.3, 0.4) is 0 Å². The van der Waals surface area contributed by atoms with Crippen LogP contribution in [0.2, 0.25) is 0 Å². The van der Waals surface area contributed by atoms with Crippen molar-refractivity contribution in [1.82, 2.24) is 0 Å². The van der Waals surface area contributed by atoms with Crippen molar-refractivity contribution < 1.29 is 18.4 Å². The van der Waals surface area contributed by atoms with Gasteiger partial charge in [0.25, 0.3) is 0 Å². The van der Waals surface area contributed by atoms with Crippen molar-refractivity contribution in [2.75, 3.05) is 0 Å². The molecule has 2 aromatic rings. The van der Waals surface area contributed by atoms with E-state index in [0.717, 1.165) is 11.1 Å². The van der Waals surface area contributed by atoms with E-state index in [1.807, 2.05) is 0 Å². The highest BCUT2D eigenvalue weighted by molar-refractivity contribution is 6.44. The van der Waals surface area contributed by atoms with Crippen molar-refractivity contribution in [3.63, 3.8) is 0 Å². The molecule has 30 heavy (non-hydrogen) atoms. The highest BCUT2D eigenvalue weighted by Gasteiger charge is 2.25. The summed E-state index contributed by atoms with van der Waals surface area (Å²) >= 11 is 0. The molecule has 0 radical (unpaired) electrons. The lowest BCUT2D eigenvalue weighted by molar-refractivity contribution is -0.112. The zero-order chi connectivity index (χ0) is 21.4. The Morgan fingerprint density at radius 1 is 0.533 bits per heavy atom. The second kappa shape index (κ2) is 7.64. The van der Waals surface area contributed by atoms with Crippen molar-refractivity contribution in [3.05, 3.63) is 118 Å². The quantitative estimate of drug-likeness (QED) is 0.640. The Morgan fingerprint density at radius 2 is 0.900 bits per heavy atom.